The van der Waals surface area contributed by atoms with Crippen LogP contribution < -0.4 is 10.6 Å². The van der Waals surface area contributed by atoms with Gasteiger partial charge in [-0.05, 0) is 61.4 Å². The maximum absolute atomic E-state index is 11.3. The van der Waals surface area contributed by atoms with E-state index in [4.69, 9.17) is 11.6 Å². The Bertz CT molecular complexity index is 879. The summed E-state index contributed by atoms with van der Waals surface area (Å²) in [5.41, 5.74) is 2.74. The Morgan fingerprint density at radius 2 is 1.77 bits per heavy atom. The van der Waals surface area contributed by atoms with E-state index in [0.29, 0.717) is 17.3 Å². The zero-order valence-corrected chi connectivity index (χ0v) is 15.1. The van der Waals surface area contributed by atoms with E-state index in [0.717, 1.165) is 23.7 Å². The number of carbonyl (C=O) groups is 1. The van der Waals surface area contributed by atoms with Gasteiger partial charge >= 0.3 is 0 Å². The molecule has 5 nitrogen and oxygen atoms in total. The Kier molecular flexibility index (Phi) is 5.81. The first-order valence-electron chi connectivity index (χ1n) is 8.29. The molecule has 6 heteroatoms. The van der Waals surface area contributed by atoms with Gasteiger partial charge in [0.2, 0.25) is 5.95 Å². The highest BCUT2D eigenvalue weighted by Gasteiger charge is 2.02. The number of anilines is 3. The highest BCUT2D eigenvalue weighted by atomic mass is 35.5. The summed E-state index contributed by atoms with van der Waals surface area (Å²) in [6, 6.07) is 16.9. The second-order valence-corrected chi connectivity index (χ2v) is 6.26. The van der Waals surface area contributed by atoms with Crippen molar-refractivity contribution in [3.05, 3.63) is 76.9 Å². The van der Waals surface area contributed by atoms with Crippen LogP contribution in [0.25, 0.3) is 0 Å². The minimum Gasteiger partial charge on any atom is -0.354 e. The summed E-state index contributed by atoms with van der Waals surface area (Å²) in [5, 5.41) is 7.16. The second kappa shape index (κ2) is 8.45. The van der Waals surface area contributed by atoms with Gasteiger partial charge in [0.25, 0.3) is 0 Å². The number of hydrogen-bond donors (Lipinski definition) is 2. The van der Waals surface area contributed by atoms with Gasteiger partial charge in [0.1, 0.15) is 5.82 Å². The molecule has 2 aromatic carbocycles. The SMILES string of the molecule is CC(=O)c1ccc(Nc2ccnc(NCCc3ccc(Cl)cc3)n2)cc1. The Hall–Kier alpha value is -2.92. The number of Topliss-reactive ketones (excluding diaryl/α,β-unsaturated/α-hetero) is 1. The van der Waals surface area contributed by atoms with Crippen molar-refractivity contribution in [1.82, 2.24) is 9.97 Å². The number of rotatable bonds is 7. The molecule has 3 aromatic rings. The second-order valence-electron chi connectivity index (χ2n) is 5.83. The van der Waals surface area contributed by atoms with Crippen molar-refractivity contribution in [3.8, 4) is 0 Å². The summed E-state index contributed by atoms with van der Waals surface area (Å²) in [4.78, 5) is 20.0. The smallest absolute Gasteiger partial charge is 0.224 e. The van der Waals surface area contributed by atoms with Gasteiger partial charge in [-0.15, -0.1) is 0 Å². The van der Waals surface area contributed by atoms with Crippen LogP contribution in [0.4, 0.5) is 17.5 Å². The highest BCUT2D eigenvalue weighted by molar-refractivity contribution is 6.30. The molecule has 0 saturated carbocycles. The van der Waals surface area contributed by atoms with E-state index in [1.807, 2.05) is 36.4 Å². The molecule has 0 bridgehead atoms. The fourth-order valence-corrected chi connectivity index (χ4v) is 2.55. The molecule has 0 unspecified atom stereocenters. The molecule has 26 heavy (non-hydrogen) atoms. The van der Waals surface area contributed by atoms with Crippen molar-refractivity contribution < 1.29 is 4.79 Å². The van der Waals surface area contributed by atoms with Crippen molar-refractivity contribution in [3.63, 3.8) is 0 Å². The molecule has 132 valence electrons. The van der Waals surface area contributed by atoms with Gasteiger partial charge in [0.15, 0.2) is 5.78 Å². The molecule has 3 rings (SSSR count). The van der Waals surface area contributed by atoms with E-state index in [1.54, 1.807) is 31.3 Å². The molecule has 0 aliphatic heterocycles. The molecule has 0 radical (unpaired) electrons. The fourth-order valence-electron chi connectivity index (χ4n) is 2.42. The molecule has 1 aromatic heterocycles. The molecule has 1 heterocycles. The van der Waals surface area contributed by atoms with Gasteiger partial charge in [-0.1, -0.05) is 23.7 Å². The molecule has 0 amide bonds. The van der Waals surface area contributed by atoms with Gasteiger partial charge in [-0.25, -0.2) is 4.98 Å². The van der Waals surface area contributed by atoms with E-state index in [9.17, 15) is 4.79 Å². The van der Waals surface area contributed by atoms with Crippen LogP contribution in [0.5, 0.6) is 0 Å². The first-order valence-corrected chi connectivity index (χ1v) is 8.67. The Morgan fingerprint density at radius 1 is 1.04 bits per heavy atom. The van der Waals surface area contributed by atoms with Gasteiger partial charge < -0.3 is 10.6 Å². The minimum atomic E-state index is 0.0470. The standard InChI is InChI=1S/C20H19ClN4O/c1-14(26)16-4-8-18(9-5-16)24-19-11-13-23-20(25-19)22-12-10-15-2-6-17(21)7-3-15/h2-9,11,13H,10,12H2,1H3,(H2,22,23,24,25). The molecule has 0 spiro atoms. The number of nitrogens with zero attached hydrogens (tertiary/aromatic N) is 2. The Labute approximate surface area is 157 Å². The van der Waals surface area contributed by atoms with Crippen molar-refractivity contribution >= 4 is 34.8 Å². The quantitative estimate of drug-likeness (QED) is 0.591. The van der Waals surface area contributed by atoms with Crippen molar-refractivity contribution in [2.75, 3.05) is 17.2 Å². The fraction of sp³-hybridized carbons (Fsp3) is 0.150. The lowest BCUT2D eigenvalue weighted by atomic mass is 10.1. The first kappa shape index (κ1) is 17.9. The third-order valence-corrected chi connectivity index (χ3v) is 4.08. The molecular formula is C20H19ClN4O. The number of ketones is 1. The van der Waals surface area contributed by atoms with Crippen molar-refractivity contribution in [2.45, 2.75) is 13.3 Å². The third-order valence-electron chi connectivity index (χ3n) is 3.83. The van der Waals surface area contributed by atoms with E-state index >= 15 is 0 Å². The zero-order chi connectivity index (χ0) is 18.4. The summed E-state index contributed by atoms with van der Waals surface area (Å²) in [7, 11) is 0. The Morgan fingerprint density at radius 3 is 2.46 bits per heavy atom. The largest absolute Gasteiger partial charge is 0.354 e. The number of halogens is 1. The lowest BCUT2D eigenvalue weighted by Gasteiger charge is -2.09. The van der Waals surface area contributed by atoms with Crippen molar-refractivity contribution in [1.29, 1.82) is 0 Å². The van der Waals surface area contributed by atoms with Crippen LogP contribution >= 0.6 is 11.6 Å². The molecule has 2 N–H and O–H groups in total. The van der Waals surface area contributed by atoms with E-state index < -0.39 is 0 Å². The number of hydrogen-bond acceptors (Lipinski definition) is 5. The molecule has 0 fully saturated rings. The summed E-state index contributed by atoms with van der Waals surface area (Å²) < 4.78 is 0. The lowest BCUT2D eigenvalue weighted by molar-refractivity contribution is 0.101. The van der Waals surface area contributed by atoms with E-state index in [1.165, 1.54) is 5.56 Å². The third kappa shape index (κ3) is 5.04. The van der Waals surface area contributed by atoms with Crippen LogP contribution in [-0.4, -0.2) is 22.3 Å². The van der Waals surface area contributed by atoms with Crippen LogP contribution in [-0.2, 0) is 6.42 Å². The first-order chi connectivity index (χ1) is 12.6. The summed E-state index contributed by atoms with van der Waals surface area (Å²) >= 11 is 5.89. The average molecular weight is 367 g/mol. The summed E-state index contributed by atoms with van der Waals surface area (Å²) in [5.74, 6) is 1.29. The summed E-state index contributed by atoms with van der Waals surface area (Å²) in [6.07, 6.45) is 2.55. The molecular weight excluding hydrogens is 348 g/mol. The molecule has 0 aliphatic carbocycles. The number of benzene rings is 2. The van der Waals surface area contributed by atoms with E-state index in [-0.39, 0.29) is 5.78 Å². The van der Waals surface area contributed by atoms with Gasteiger partial charge in [0.05, 0.1) is 0 Å². The predicted molar refractivity (Wildman–Crippen MR) is 105 cm³/mol. The normalized spacial score (nSPS) is 10.4. The zero-order valence-electron chi connectivity index (χ0n) is 14.4. The van der Waals surface area contributed by atoms with Gasteiger partial charge in [-0.2, -0.15) is 4.98 Å². The van der Waals surface area contributed by atoms with E-state index in [2.05, 4.69) is 20.6 Å². The molecule has 0 atom stereocenters. The monoisotopic (exact) mass is 366 g/mol. The topological polar surface area (TPSA) is 66.9 Å². The predicted octanol–water partition coefficient (Wildman–Crippen LogP) is 4.73. The lowest BCUT2D eigenvalue weighted by Crippen LogP contribution is -2.08. The number of nitrogens with one attached hydrogen (secondary N) is 2. The number of carbonyl (C=O) groups excluding carboxylic acids is 1. The van der Waals surface area contributed by atoms with Gasteiger partial charge in [-0.3, -0.25) is 4.79 Å². The van der Waals surface area contributed by atoms with Crippen molar-refractivity contribution in [2.24, 2.45) is 0 Å². The molecule has 0 saturated heterocycles. The van der Waals surface area contributed by atoms with Crippen LogP contribution in [0, 0.1) is 0 Å². The van der Waals surface area contributed by atoms with Gasteiger partial charge in [0, 0.05) is 29.0 Å². The minimum absolute atomic E-state index is 0.0470. The maximum Gasteiger partial charge on any atom is 0.224 e. The average Bonchev–Trinajstić information content (AvgIpc) is 2.64. The highest BCUT2D eigenvalue weighted by Crippen LogP contribution is 2.16. The van der Waals surface area contributed by atoms with Crippen LogP contribution in [0.1, 0.15) is 22.8 Å². The maximum atomic E-state index is 11.3. The van der Waals surface area contributed by atoms with Crippen LogP contribution in [0.3, 0.4) is 0 Å². The van der Waals surface area contributed by atoms with Crippen LogP contribution in [0.15, 0.2) is 60.8 Å². The van der Waals surface area contributed by atoms with Crippen LogP contribution in [0.2, 0.25) is 5.02 Å². The summed E-state index contributed by atoms with van der Waals surface area (Å²) in [6.45, 7) is 2.27. The molecule has 0 aliphatic rings. The Balaban J connectivity index is 1.57. The number of aromatic nitrogens is 2.